The average Bonchev–Trinajstić information content (AvgIpc) is 2.51. The van der Waals surface area contributed by atoms with Gasteiger partial charge in [0.25, 0.3) is 12.1 Å². The molecule has 5 nitrogen and oxygen atoms in total. The molecule has 1 aromatic heterocycles. The van der Waals surface area contributed by atoms with E-state index in [0.29, 0.717) is 5.88 Å². The molecule has 2 heterocycles. The van der Waals surface area contributed by atoms with Crippen LogP contribution in [0.3, 0.4) is 0 Å². The highest BCUT2D eigenvalue weighted by molar-refractivity contribution is 5.12. The fourth-order valence-electron chi connectivity index (χ4n) is 1.99. The summed E-state index contributed by atoms with van der Waals surface area (Å²) in [6, 6.07) is 0. The van der Waals surface area contributed by atoms with E-state index in [1.807, 2.05) is 0 Å². The molecule has 2 rings (SSSR count). The van der Waals surface area contributed by atoms with E-state index in [9.17, 15) is 0 Å². The standard InChI is InChI=1S/C9H17N4O/c1-9(2)5-3-4-6-12(9)13-7-8(10)14-11-13/h7H,3-6,10H2,1-2H3/q+1. The molecule has 0 saturated carbocycles. The van der Waals surface area contributed by atoms with Gasteiger partial charge in [-0.25, -0.2) is 0 Å². The van der Waals surface area contributed by atoms with Gasteiger partial charge in [0.15, 0.2) is 0 Å². The number of nitrogens with two attached hydrogens (primary N) is 1. The van der Waals surface area contributed by atoms with Gasteiger partial charge in [-0.1, -0.05) is 0 Å². The Labute approximate surface area is 83.4 Å². The van der Waals surface area contributed by atoms with Crippen LogP contribution in [0.1, 0.15) is 33.1 Å². The van der Waals surface area contributed by atoms with Gasteiger partial charge in [0.05, 0.1) is 16.9 Å². The molecule has 78 valence electrons. The Morgan fingerprint density at radius 2 is 2.36 bits per heavy atom. The molecule has 0 atom stereocenters. The highest BCUT2D eigenvalue weighted by Gasteiger charge is 2.37. The van der Waals surface area contributed by atoms with E-state index in [-0.39, 0.29) is 5.54 Å². The van der Waals surface area contributed by atoms with Crippen molar-refractivity contribution in [3.8, 4) is 0 Å². The quantitative estimate of drug-likeness (QED) is 0.664. The van der Waals surface area contributed by atoms with Crippen molar-refractivity contribution in [2.75, 3.05) is 17.3 Å². The number of hydrogen-bond donors (Lipinski definition) is 1. The first-order valence-corrected chi connectivity index (χ1v) is 5.02. The monoisotopic (exact) mass is 197 g/mol. The van der Waals surface area contributed by atoms with Crippen LogP contribution in [0, 0.1) is 0 Å². The van der Waals surface area contributed by atoms with Gasteiger partial charge in [0, 0.05) is 0 Å². The Bertz CT molecular complexity index is 320. The molecule has 2 N–H and O–H groups in total. The molecule has 0 aliphatic carbocycles. The minimum atomic E-state index is 0.131. The van der Waals surface area contributed by atoms with Crippen molar-refractivity contribution < 1.29 is 9.31 Å². The third kappa shape index (κ3) is 1.54. The molecule has 1 aliphatic rings. The van der Waals surface area contributed by atoms with Crippen LogP contribution in [-0.4, -0.2) is 17.4 Å². The number of nitrogen functional groups attached to an aromatic ring is 1. The van der Waals surface area contributed by atoms with Crippen LogP contribution >= 0.6 is 0 Å². The second-order valence-corrected chi connectivity index (χ2v) is 4.42. The van der Waals surface area contributed by atoms with Crippen LogP contribution < -0.4 is 15.5 Å². The van der Waals surface area contributed by atoms with Crippen molar-refractivity contribution in [1.29, 1.82) is 0 Å². The predicted octanol–water partition coefficient (Wildman–Crippen LogP) is 0.445. The minimum absolute atomic E-state index is 0.131. The number of anilines is 1. The minimum Gasteiger partial charge on any atom is -0.362 e. The lowest BCUT2D eigenvalue weighted by Gasteiger charge is -2.35. The van der Waals surface area contributed by atoms with Crippen LogP contribution in [0.15, 0.2) is 10.7 Å². The summed E-state index contributed by atoms with van der Waals surface area (Å²) in [5, 5.41) is 6.07. The van der Waals surface area contributed by atoms with Gasteiger partial charge in [-0.3, -0.25) is 4.52 Å². The Balaban J connectivity index is 2.23. The molecule has 1 fully saturated rings. The highest BCUT2D eigenvalue weighted by Crippen LogP contribution is 2.23. The molecule has 5 heteroatoms. The molecule has 0 bridgehead atoms. The molecule has 0 unspecified atom stereocenters. The van der Waals surface area contributed by atoms with E-state index in [2.05, 4.69) is 24.1 Å². The smallest absolute Gasteiger partial charge is 0.296 e. The summed E-state index contributed by atoms with van der Waals surface area (Å²) in [5.41, 5.74) is 5.63. The fraction of sp³-hybridized carbons (Fsp3) is 0.778. The SMILES string of the molecule is CC1(C)CCCCN1[n+]1cc(N)on1. The zero-order valence-electron chi connectivity index (χ0n) is 8.73. The second-order valence-electron chi connectivity index (χ2n) is 4.42. The number of hydrogen-bond acceptors (Lipinski definition) is 4. The van der Waals surface area contributed by atoms with Crippen molar-refractivity contribution in [2.45, 2.75) is 38.6 Å². The summed E-state index contributed by atoms with van der Waals surface area (Å²) in [7, 11) is 0. The predicted molar refractivity (Wildman–Crippen MR) is 52.1 cm³/mol. The molecule has 0 amide bonds. The van der Waals surface area contributed by atoms with Crippen molar-refractivity contribution >= 4 is 5.88 Å². The lowest BCUT2D eigenvalue weighted by Crippen LogP contribution is -2.69. The third-order valence-corrected chi connectivity index (χ3v) is 2.83. The molecule has 0 aromatic carbocycles. The largest absolute Gasteiger partial charge is 0.362 e. The van der Waals surface area contributed by atoms with Crippen LogP contribution in [0.4, 0.5) is 5.88 Å². The Hall–Kier alpha value is -1.26. The lowest BCUT2D eigenvalue weighted by molar-refractivity contribution is -0.766. The van der Waals surface area contributed by atoms with Gasteiger partial charge in [0.1, 0.15) is 0 Å². The van der Waals surface area contributed by atoms with E-state index in [4.69, 9.17) is 10.3 Å². The molecule has 1 aromatic rings. The van der Waals surface area contributed by atoms with Crippen molar-refractivity contribution in [1.82, 2.24) is 5.27 Å². The number of rotatable bonds is 1. The van der Waals surface area contributed by atoms with E-state index in [0.717, 1.165) is 6.54 Å². The van der Waals surface area contributed by atoms with Crippen molar-refractivity contribution in [3.63, 3.8) is 0 Å². The van der Waals surface area contributed by atoms with Crippen LogP contribution in [0.2, 0.25) is 0 Å². The summed E-state index contributed by atoms with van der Waals surface area (Å²) in [6.07, 6.45) is 5.36. The zero-order valence-corrected chi connectivity index (χ0v) is 8.73. The molecular weight excluding hydrogens is 180 g/mol. The molecule has 14 heavy (non-hydrogen) atoms. The summed E-state index contributed by atoms with van der Waals surface area (Å²) < 4.78 is 4.86. The van der Waals surface area contributed by atoms with Crippen molar-refractivity contribution in [3.05, 3.63) is 6.20 Å². The van der Waals surface area contributed by atoms with Crippen LogP contribution in [-0.2, 0) is 0 Å². The maximum atomic E-state index is 5.50. The molecule has 1 aliphatic heterocycles. The van der Waals surface area contributed by atoms with Gasteiger partial charge in [-0.05, 0) is 33.1 Å². The molecule has 0 spiro atoms. The Morgan fingerprint density at radius 3 is 2.93 bits per heavy atom. The first-order chi connectivity index (χ1) is 6.59. The summed E-state index contributed by atoms with van der Waals surface area (Å²) in [4.78, 5) is 1.72. The van der Waals surface area contributed by atoms with E-state index < -0.39 is 0 Å². The van der Waals surface area contributed by atoms with Gasteiger partial charge in [0.2, 0.25) is 5.27 Å². The molecule has 0 radical (unpaired) electrons. The first-order valence-electron chi connectivity index (χ1n) is 5.02. The maximum Gasteiger partial charge on any atom is 0.296 e. The average molecular weight is 197 g/mol. The lowest BCUT2D eigenvalue weighted by atomic mass is 9.92. The zero-order chi connectivity index (χ0) is 10.2. The second kappa shape index (κ2) is 3.15. The van der Waals surface area contributed by atoms with Crippen LogP contribution in [0.25, 0.3) is 0 Å². The molecule has 1 saturated heterocycles. The Kier molecular flexibility index (Phi) is 2.09. The maximum absolute atomic E-state index is 5.50. The van der Waals surface area contributed by atoms with E-state index in [1.165, 1.54) is 19.3 Å². The van der Waals surface area contributed by atoms with E-state index in [1.54, 1.807) is 11.0 Å². The first kappa shape index (κ1) is 9.30. The molecular formula is C9H17N4O+. The van der Waals surface area contributed by atoms with Gasteiger partial charge in [-0.2, -0.15) is 0 Å². The number of piperidine rings is 1. The summed E-state index contributed by atoms with van der Waals surface area (Å²) >= 11 is 0. The number of nitrogens with zero attached hydrogens (tertiary/aromatic N) is 3. The third-order valence-electron chi connectivity index (χ3n) is 2.83. The topological polar surface area (TPSA) is 59.2 Å². The summed E-state index contributed by atoms with van der Waals surface area (Å²) in [5.74, 6) is 0.353. The highest BCUT2D eigenvalue weighted by atomic mass is 16.5. The van der Waals surface area contributed by atoms with Crippen molar-refractivity contribution in [2.24, 2.45) is 0 Å². The van der Waals surface area contributed by atoms with Crippen LogP contribution in [0.5, 0.6) is 0 Å². The van der Waals surface area contributed by atoms with Gasteiger partial charge < -0.3 is 5.73 Å². The van der Waals surface area contributed by atoms with E-state index >= 15 is 0 Å². The van der Waals surface area contributed by atoms with Gasteiger partial charge >= 0.3 is 0 Å². The Morgan fingerprint density at radius 1 is 1.57 bits per heavy atom. The summed E-state index contributed by atoms with van der Waals surface area (Å²) in [6.45, 7) is 5.43. The fourth-order valence-corrected chi connectivity index (χ4v) is 1.99. The normalized spacial score (nSPS) is 21.1. The number of aromatic nitrogens is 2. The van der Waals surface area contributed by atoms with Gasteiger partial charge in [-0.15, -0.1) is 5.01 Å².